The van der Waals surface area contributed by atoms with E-state index < -0.39 is 12.1 Å². The Morgan fingerprint density at radius 1 is 1.32 bits per heavy atom. The summed E-state index contributed by atoms with van der Waals surface area (Å²) in [5.74, 6) is -0.371. The number of carbonyl (C=O) groups excluding carboxylic acids is 2. The van der Waals surface area contributed by atoms with Crippen LogP contribution in [0.15, 0.2) is 34.0 Å². The predicted molar refractivity (Wildman–Crippen MR) is 93.8 cm³/mol. The van der Waals surface area contributed by atoms with Crippen LogP contribution >= 0.6 is 11.8 Å². The molecule has 0 saturated carbocycles. The Bertz CT molecular complexity index is 909. The van der Waals surface area contributed by atoms with Crippen molar-refractivity contribution in [3.63, 3.8) is 0 Å². The summed E-state index contributed by atoms with van der Waals surface area (Å²) in [4.78, 5) is 43.3. The van der Waals surface area contributed by atoms with Gasteiger partial charge in [0.25, 0.3) is 5.56 Å². The van der Waals surface area contributed by atoms with Crippen LogP contribution in [0.2, 0.25) is 0 Å². The highest BCUT2D eigenvalue weighted by Gasteiger charge is 2.24. The summed E-state index contributed by atoms with van der Waals surface area (Å²) in [6.07, 6.45) is -0.708. The van der Waals surface area contributed by atoms with E-state index in [0.717, 1.165) is 4.90 Å². The van der Waals surface area contributed by atoms with Gasteiger partial charge in [-0.15, -0.1) is 11.8 Å². The maximum atomic E-state index is 12.4. The summed E-state index contributed by atoms with van der Waals surface area (Å²) < 4.78 is 5.38. The molecule has 2 atom stereocenters. The number of H-pyrrole nitrogens is 1. The zero-order valence-corrected chi connectivity index (χ0v) is 14.8. The van der Waals surface area contributed by atoms with Crippen molar-refractivity contribution < 1.29 is 14.3 Å². The van der Waals surface area contributed by atoms with Crippen LogP contribution in [-0.4, -0.2) is 27.1 Å². The second-order valence-electron chi connectivity index (χ2n) is 5.78. The number of carbonyl (C=O) groups is 2. The van der Waals surface area contributed by atoms with E-state index in [4.69, 9.17) is 4.74 Å². The highest BCUT2D eigenvalue weighted by molar-refractivity contribution is 8.00. The minimum absolute atomic E-state index is 0.0991. The first kappa shape index (κ1) is 17.2. The maximum Gasteiger partial charge on any atom is 0.338 e. The number of ether oxygens (including phenoxy) is 1. The van der Waals surface area contributed by atoms with Crippen LogP contribution in [0, 0.1) is 6.92 Å². The van der Waals surface area contributed by atoms with Gasteiger partial charge in [0.1, 0.15) is 5.82 Å². The van der Waals surface area contributed by atoms with Crippen molar-refractivity contribution in [1.82, 2.24) is 9.97 Å². The lowest BCUT2D eigenvalue weighted by Crippen LogP contribution is -2.26. The summed E-state index contributed by atoms with van der Waals surface area (Å²) >= 11 is 1.44. The second-order valence-corrected chi connectivity index (χ2v) is 7.16. The molecule has 130 valence electrons. The predicted octanol–water partition coefficient (Wildman–Crippen LogP) is 2.43. The van der Waals surface area contributed by atoms with Crippen molar-refractivity contribution in [1.29, 1.82) is 0 Å². The Hall–Kier alpha value is -2.61. The molecule has 1 aliphatic rings. The number of thioether (sulfide) groups is 1. The number of hydrogen-bond acceptors (Lipinski definition) is 6. The molecule has 1 aromatic carbocycles. The summed E-state index contributed by atoms with van der Waals surface area (Å²) in [7, 11) is 0. The molecule has 7 nitrogen and oxygen atoms in total. The van der Waals surface area contributed by atoms with Gasteiger partial charge in [-0.25, -0.2) is 9.78 Å². The number of anilines is 1. The molecule has 1 aliphatic heterocycles. The first-order chi connectivity index (χ1) is 11.8. The lowest BCUT2D eigenvalue weighted by molar-refractivity contribution is -0.115. The molecule has 0 aliphatic carbocycles. The van der Waals surface area contributed by atoms with E-state index in [1.807, 2.05) is 6.92 Å². The minimum atomic E-state index is -0.708. The SMILES string of the molecule is Cc1cc(=O)[nH]c(C(C)OC(=O)c2ccc3c(c2)NC(=O)C(C)S3)n1. The van der Waals surface area contributed by atoms with Crippen molar-refractivity contribution in [2.45, 2.75) is 37.0 Å². The first-order valence-electron chi connectivity index (χ1n) is 7.74. The van der Waals surface area contributed by atoms with Crippen LogP contribution < -0.4 is 10.9 Å². The number of rotatable bonds is 3. The highest BCUT2D eigenvalue weighted by atomic mass is 32.2. The number of amides is 1. The Labute approximate surface area is 148 Å². The summed E-state index contributed by atoms with van der Waals surface area (Å²) in [5.41, 5.74) is 1.16. The Balaban J connectivity index is 1.78. The number of nitrogens with one attached hydrogen (secondary N) is 2. The number of benzene rings is 1. The number of aromatic amines is 1. The van der Waals surface area contributed by atoms with Gasteiger partial charge in [0.15, 0.2) is 6.10 Å². The quantitative estimate of drug-likeness (QED) is 0.816. The number of fused-ring (bicyclic) bond motifs is 1. The third-order valence-corrected chi connectivity index (χ3v) is 4.88. The molecular weight excluding hydrogens is 342 g/mol. The fourth-order valence-electron chi connectivity index (χ4n) is 2.41. The average Bonchev–Trinajstić information content (AvgIpc) is 2.54. The number of aryl methyl sites for hydroxylation is 1. The van der Waals surface area contributed by atoms with Gasteiger partial charge in [-0.1, -0.05) is 0 Å². The van der Waals surface area contributed by atoms with E-state index in [9.17, 15) is 14.4 Å². The van der Waals surface area contributed by atoms with Crippen molar-refractivity contribution in [3.05, 3.63) is 51.7 Å². The van der Waals surface area contributed by atoms with E-state index in [-0.39, 0.29) is 22.5 Å². The fraction of sp³-hybridized carbons (Fsp3) is 0.294. The molecule has 0 bridgehead atoms. The molecule has 25 heavy (non-hydrogen) atoms. The van der Waals surface area contributed by atoms with E-state index in [0.29, 0.717) is 16.9 Å². The van der Waals surface area contributed by atoms with Crippen LogP contribution in [0.25, 0.3) is 0 Å². The molecule has 0 saturated heterocycles. The Morgan fingerprint density at radius 3 is 2.80 bits per heavy atom. The topological polar surface area (TPSA) is 101 Å². The normalized spacial score (nSPS) is 17.4. The van der Waals surface area contributed by atoms with Crippen LogP contribution in [-0.2, 0) is 9.53 Å². The fourth-order valence-corrected chi connectivity index (χ4v) is 3.35. The van der Waals surface area contributed by atoms with Gasteiger partial charge in [-0.3, -0.25) is 9.59 Å². The Morgan fingerprint density at radius 2 is 2.08 bits per heavy atom. The van der Waals surface area contributed by atoms with Gasteiger partial charge in [-0.05, 0) is 39.0 Å². The van der Waals surface area contributed by atoms with E-state index in [1.165, 1.54) is 17.8 Å². The monoisotopic (exact) mass is 359 g/mol. The average molecular weight is 359 g/mol. The van der Waals surface area contributed by atoms with Crippen molar-refractivity contribution in [2.24, 2.45) is 0 Å². The molecule has 1 aromatic heterocycles. The molecule has 2 unspecified atom stereocenters. The molecule has 0 radical (unpaired) electrons. The molecule has 0 spiro atoms. The second kappa shape index (κ2) is 6.72. The number of aromatic nitrogens is 2. The number of hydrogen-bond donors (Lipinski definition) is 2. The van der Waals surface area contributed by atoms with Crippen LogP contribution in [0.3, 0.4) is 0 Å². The number of nitrogens with zero attached hydrogens (tertiary/aromatic N) is 1. The minimum Gasteiger partial charge on any atom is -0.451 e. The van der Waals surface area contributed by atoms with Crippen LogP contribution in [0.4, 0.5) is 5.69 Å². The first-order valence-corrected chi connectivity index (χ1v) is 8.62. The highest BCUT2D eigenvalue weighted by Crippen LogP contribution is 2.36. The smallest absolute Gasteiger partial charge is 0.338 e. The zero-order valence-electron chi connectivity index (χ0n) is 14.0. The van der Waals surface area contributed by atoms with Crippen molar-refractivity contribution >= 4 is 29.3 Å². The molecule has 2 N–H and O–H groups in total. The summed E-state index contributed by atoms with van der Waals surface area (Å²) in [6, 6.07) is 6.39. The van der Waals surface area contributed by atoms with E-state index in [1.54, 1.807) is 32.0 Å². The summed E-state index contributed by atoms with van der Waals surface area (Å²) in [6.45, 7) is 5.15. The van der Waals surface area contributed by atoms with Gasteiger partial charge in [-0.2, -0.15) is 0 Å². The van der Waals surface area contributed by atoms with Gasteiger partial charge in [0.2, 0.25) is 5.91 Å². The lowest BCUT2D eigenvalue weighted by atomic mass is 10.2. The van der Waals surface area contributed by atoms with Crippen LogP contribution in [0.1, 0.15) is 41.8 Å². The molecule has 8 heteroatoms. The summed E-state index contributed by atoms with van der Waals surface area (Å²) in [5, 5.41) is 2.61. The standard InChI is InChI=1S/C17H17N3O4S/c1-8-6-14(21)20-15(18-8)9(2)24-17(23)11-4-5-13-12(7-11)19-16(22)10(3)25-13/h4-7,9-10H,1-3H3,(H,19,22)(H,18,20,21). The van der Waals surface area contributed by atoms with Gasteiger partial charge in [0.05, 0.1) is 16.5 Å². The molecule has 2 heterocycles. The largest absolute Gasteiger partial charge is 0.451 e. The van der Waals surface area contributed by atoms with Crippen LogP contribution in [0.5, 0.6) is 0 Å². The molecule has 1 amide bonds. The van der Waals surface area contributed by atoms with Gasteiger partial charge < -0.3 is 15.0 Å². The molecular formula is C17H17N3O4S. The molecule has 0 fully saturated rings. The Kier molecular flexibility index (Phi) is 4.63. The van der Waals surface area contributed by atoms with E-state index in [2.05, 4.69) is 15.3 Å². The molecule has 3 rings (SSSR count). The van der Waals surface area contributed by atoms with Gasteiger partial charge >= 0.3 is 5.97 Å². The zero-order chi connectivity index (χ0) is 18.1. The van der Waals surface area contributed by atoms with Gasteiger partial charge in [0, 0.05) is 16.7 Å². The third-order valence-electron chi connectivity index (χ3n) is 3.70. The van der Waals surface area contributed by atoms with Crippen molar-refractivity contribution in [3.8, 4) is 0 Å². The number of esters is 1. The van der Waals surface area contributed by atoms with E-state index >= 15 is 0 Å². The molecule has 2 aromatic rings. The van der Waals surface area contributed by atoms with Crippen molar-refractivity contribution in [2.75, 3.05) is 5.32 Å². The lowest BCUT2D eigenvalue weighted by Gasteiger charge is -2.21. The maximum absolute atomic E-state index is 12.4. The third kappa shape index (κ3) is 3.74.